The van der Waals surface area contributed by atoms with E-state index in [-0.39, 0.29) is 25.0 Å². The first-order chi connectivity index (χ1) is 17.0. The highest BCUT2D eigenvalue weighted by Gasteiger charge is 2.28. The molecule has 0 unspecified atom stereocenters. The van der Waals surface area contributed by atoms with Crippen molar-refractivity contribution >= 4 is 18.0 Å². The first kappa shape index (κ1) is 25.4. The second kappa shape index (κ2) is 12.9. The summed E-state index contributed by atoms with van der Waals surface area (Å²) in [6.45, 7) is 0.0322. The van der Waals surface area contributed by atoms with Gasteiger partial charge in [0.05, 0.1) is 7.11 Å². The topological polar surface area (TPSA) is 93.7 Å². The van der Waals surface area contributed by atoms with Gasteiger partial charge in [-0.1, -0.05) is 78.9 Å². The predicted octanol–water partition coefficient (Wildman–Crippen LogP) is 3.56. The number of alkyl carbamates (subject to hydrolysis) is 1. The van der Waals surface area contributed by atoms with Gasteiger partial charge in [-0.3, -0.25) is 4.79 Å². The molecule has 0 saturated carbocycles. The first-order valence-corrected chi connectivity index (χ1v) is 11.1. The maximum atomic E-state index is 14.2. The summed E-state index contributed by atoms with van der Waals surface area (Å²) in [6.07, 6.45) is -0.740. The molecule has 0 aromatic heterocycles. The molecule has 7 nitrogen and oxygen atoms in total. The minimum absolute atomic E-state index is 0.0322. The summed E-state index contributed by atoms with van der Waals surface area (Å²) < 4.78 is 24.2. The van der Waals surface area contributed by atoms with Crippen LogP contribution in [0.2, 0.25) is 0 Å². The van der Waals surface area contributed by atoms with Crippen LogP contribution in [0.15, 0.2) is 84.9 Å². The van der Waals surface area contributed by atoms with Gasteiger partial charge in [-0.25, -0.2) is 14.0 Å². The van der Waals surface area contributed by atoms with E-state index in [9.17, 15) is 18.8 Å². The smallest absolute Gasteiger partial charge is 0.408 e. The standard InChI is InChI=1S/C27H27FN2O5/c1-34-26(32)24(17-21-14-8-9-15-22(21)28)29-25(31)23(16-19-10-4-2-5-11-19)30-27(33)35-18-20-12-6-3-7-13-20/h2-15,23-24H,16-18H2,1H3,(H,29,31)(H,30,33)/t23-,24-/m0/s1. The van der Waals surface area contributed by atoms with Gasteiger partial charge in [-0.15, -0.1) is 0 Å². The second-order valence-corrected chi connectivity index (χ2v) is 7.83. The Bertz CT molecular complexity index is 1120. The molecule has 0 radical (unpaired) electrons. The minimum Gasteiger partial charge on any atom is -0.467 e. The highest BCUT2D eigenvalue weighted by molar-refractivity contribution is 5.90. The molecular formula is C27H27FN2O5. The number of rotatable bonds is 10. The van der Waals surface area contributed by atoms with Gasteiger partial charge in [0.2, 0.25) is 5.91 Å². The zero-order valence-electron chi connectivity index (χ0n) is 19.3. The van der Waals surface area contributed by atoms with Crippen molar-refractivity contribution in [3.05, 3.63) is 107 Å². The lowest BCUT2D eigenvalue weighted by Crippen LogP contribution is -2.53. The molecule has 0 saturated heterocycles. The van der Waals surface area contributed by atoms with Crippen molar-refractivity contribution in [1.82, 2.24) is 10.6 Å². The number of nitrogens with one attached hydrogen (secondary N) is 2. The van der Waals surface area contributed by atoms with Crippen LogP contribution in [0.1, 0.15) is 16.7 Å². The summed E-state index contributed by atoms with van der Waals surface area (Å²) in [5.74, 6) is -1.86. The Balaban J connectivity index is 1.72. The number of carbonyl (C=O) groups is 3. The fourth-order valence-corrected chi connectivity index (χ4v) is 3.46. The van der Waals surface area contributed by atoms with Gasteiger partial charge in [0.1, 0.15) is 24.5 Å². The normalized spacial score (nSPS) is 12.2. The molecule has 0 aliphatic heterocycles. The van der Waals surface area contributed by atoms with E-state index in [2.05, 4.69) is 10.6 Å². The summed E-state index contributed by atoms with van der Waals surface area (Å²) in [5, 5.41) is 5.17. The molecule has 0 bridgehead atoms. The van der Waals surface area contributed by atoms with Crippen molar-refractivity contribution in [2.24, 2.45) is 0 Å². The number of amides is 2. The molecule has 3 aromatic rings. The van der Waals surface area contributed by atoms with E-state index in [1.165, 1.54) is 25.3 Å². The van der Waals surface area contributed by atoms with Gasteiger partial charge < -0.3 is 20.1 Å². The quantitative estimate of drug-likeness (QED) is 0.435. The molecule has 182 valence electrons. The van der Waals surface area contributed by atoms with Crippen molar-refractivity contribution in [2.45, 2.75) is 31.5 Å². The zero-order valence-corrected chi connectivity index (χ0v) is 19.3. The van der Waals surface area contributed by atoms with Crippen LogP contribution in [-0.2, 0) is 38.5 Å². The molecule has 2 N–H and O–H groups in total. The lowest BCUT2D eigenvalue weighted by atomic mass is 10.0. The number of methoxy groups -OCH3 is 1. The fraction of sp³-hybridized carbons (Fsp3) is 0.222. The van der Waals surface area contributed by atoms with E-state index in [1.807, 2.05) is 60.7 Å². The number of benzene rings is 3. The molecule has 35 heavy (non-hydrogen) atoms. The van der Waals surface area contributed by atoms with Gasteiger partial charge in [0, 0.05) is 12.8 Å². The van der Waals surface area contributed by atoms with Crippen molar-refractivity contribution in [2.75, 3.05) is 7.11 Å². The van der Waals surface area contributed by atoms with E-state index < -0.39 is 35.9 Å². The Hall–Kier alpha value is -4.20. The number of carbonyl (C=O) groups excluding carboxylic acids is 3. The SMILES string of the molecule is COC(=O)[C@H](Cc1ccccc1F)NC(=O)[C@H](Cc1ccccc1)NC(=O)OCc1ccccc1. The minimum atomic E-state index is -1.15. The molecule has 2 atom stereocenters. The molecular weight excluding hydrogens is 451 g/mol. The second-order valence-electron chi connectivity index (χ2n) is 7.83. The molecule has 0 fully saturated rings. The van der Waals surface area contributed by atoms with E-state index in [1.54, 1.807) is 6.07 Å². The molecule has 2 amide bonds. The lowest BCUT2D eigenvalue weighted by molar-refractivity contribution is -0.145. The Kier molecular flexibility index (Phi) is 9.36. The summed E-state index contributed by atoms with van der Waals surface area (Å²) >= 11 is 0. The van der Waals surface area contributed by atoms with Crippen LogP contribution in [0, 0.1) is 5.82 Å². The van der Waals surface area contributed by atoms with Gasteiger partial charge in [0.15, 0.2) is 0 Å². The molecule has 8 heteroatoms. The fourth-order valence-electron chi connectivity index (χ4n) is 3.46. The van der Waals surface area contributed by atoms with Crippen LogP contribution in [0.5, 0.6) is 0 Å². The third-order valence-corrected chi connectivity index (χ3v) is 5.29. The van der Waals surface area contributed by atoms with E-state index in [0.29, 0.717) is 0 Å². The van der Waals surface area contributed by atoms with Crippen molar-refractivity contribution in [3.63, 3.8) is 0 Å². The maximum Gasteiger partial charge on any atom is 0.408 e. The number of ether oxygens (including phenoxy) is 2. The van der Waals surface area contributed by atoms with Gasteiger partial charge >= 0.3 is 12.1 Å². The third-order valence-electron chi connectivity index (χ3n) is 5.29. The molecule has 3 aromatic carbocycles. The third kappa shape index (κ3) is 7.96. The monoisotopic (exact) mass is 478 g/mol. The predicted molar refractivity (Wildman–Crippen MR) is 128 cm³/mol. The molecule has 0 heterocycles. The van der Waals surface area contributed by atoms with Gasteiger partial charge in [-0.05, 0) is 22.8 Å². The molecule has 3 rings (SSSR count). The summed E-state index contributed by atoms with van der Waals surface area (Å²) in [7, 11) is 1.18. The van der Waals surface area contributed by atoms with Crippen LogP contribution in [0.25, 0.3) is 0 Å². The Labute approximate surface area is 203 Å². The van der Waals surface area contributed by atoms with Crippen LogP contribution in [0.3, 0.4) is 0 Å². The van der Waals surface area contributed by atoms with Crippen LogP contribution >= 0.6 is 0 Å². The summed E-state index contributed by atoms with van der Waals surface area (Å²) in [6, 6.07) is 22.0. The van der Waals surface area contributed by atoms with Crippen LogP contribution in [0.4, 0.5) is 9.18 Å². The molecule has 0 aliphatic rings. The Morgan fingerprint density at radius 1 is 0.771 bits per heavy atom. The highest BCUT2D eigenvalue weighted by atomic mass is 19.1. The van der Waals surface area contributed by atoms with E-state index >= 15 is 0 Å². The van der Waals surface area contributed by atoms with Gasteiger partial charge in [0.25, 0.3) is 0 Å². The Morgan fingerprint density at radius 2 is 1.37 bits per heavy atom. The largest absolute Gasteiger partial charge is 0.467 e. The lowest BCUT2D eigenvalue weighted by Gasteiger charge is -2.22. The van der Waals surface area contributed by atoms with Crippen molar-refractivity contribution in [3.8, 4) is 0 Å². The highest BCUT2D eigenvalue weighted by Crippen LogP contribution is 2.11. The van der Waals surface area contributed by atoms with Crippen molar-refractivity contribution < 1.29 is 28.2 Å². The van der Waals surface area contributed by atoms with Crippen molar-refractivity contribution in [1.29, 1.82) is 0 Å². The number of hydrogen-bond acceptors (Lipinski definition) is 5. The van der Waals surface area contributed by atoms with Gasteiger partial charge in [-0.2, -0.15) is 0 Å². The summed E-state index contributed by atoms with van der Waals surface area (Å²) in [5.41, 5.74) is 1.83. The first-order valence-electron chi connectivity index (χ1n) is 11.1. The summed E-state index contributed by atoms with van der Waals surface area (Å²) in [4.78, 5) is 38.0. The molecule has 0 spiro atoms. The maximum absolute atomic E-state index is 14.2. The van der Waals surface area contributed by atoms with E-state index in [4.69, 9.17) is 9.47 Å². The molecule has 0 aliphatic carbocycles. The zero-order chi connectivity index (χ0) is 25.0. The van der Waals surface area contributed by atoms with E-state index in [0.717, 1.165) is 11.1 Å². The number of hydrogen-bond donors (Lipinski definition) is 2. The average molecular weight is 479 g/mol. The van der Waals surface area contributed by atoms with Crippen LogP contribution in [-0.4, -0.2) is 37.2 Å². The Morgan fingerprint density at radius 3 is 2.00 bits per heavy atom. The van der Waals surface area contributed by atoms with Crippen LogP contribution < -0.4 is 10.6 Å². The average Bonchev–Trinajstić information content (AvgIpc) is 2.88. The number of esters is 1. The number of halogens is 1.